The van der Waals surface area contributed by atoms with Crippen LogP contribution in [0.5, 0.6) is 0 Å². The van der Waals surface area contributed by atoms with Crippen LogP contribution in [-0.4, -0.2) is 25.3 Å². The number of furan rings is 1. The molecule has 0 fully saturated rings. The Bertz CT molecular complexity index is 1870. The van der Waals surface area contributed by atoms with E-state index in [9.17, 15) is 19.2 Å². The number of hydrogen-bond donors (Lipinski definition) is 1. The Morgan fingerprint density at radius 3 is 2.34 bits per heavy atom. The number of nitrogens with one attached hydrogen (secondary N) is 1. The lowest BCUT2D eigenvalue weighted by Gasteiger charge is -2.25. The van der Waals surface area contributed by atoms with Crippen LogP contribution in [0, 0.1) is 17.3 Å². The second-order valence-electron chi connectivity index (χ2n) is 11.4. The second kappa shape index (κ2) is 12.6. The van der Waals surface area contributed by atoms with Crippen molar-refractivity contribution in [1.82, 2.24) is 5.32 Å². The lowest BCUT2D eigenvalue weighted by atomic mass is 9.79. The Kier molecular flexibility index (Phi) is 8.64. The van der Waals surface area contributed by atoms with Crippen LogP contribution < -0.4 is 10.2 Å². The van der Waals surface area contributed by atoms with E-state index in [4.69, 9.17) is 4.42 Å². The maximum Gasteiger partial charge on any atom is 0.255 e. The average Bonchev–Trinajstić information content (AvgIpc) is 3.42. The molecule has 1 N–H and O–H groups in total. The number of carbonyl (C=O) groups excluding carboxylic acids is 2. The van der Waals surface area contributed by atoms with Gasteiger partial charge in [-0.25, -0.2) is 4.39 Å². The van der Waals surface area contributed by atoms with Crippen LogP contribution in [0.3, 0.4) is 0 Å². The van der Waals surface area contributed by atoms with Crippen LogP contribution in [0.25, 0.3) is 33.4 Å². The first-order valence-electron chi connectivity index (χ1n) is 14.6. The van der Waals surface area contributed by atoms with Crippen molar-refractivity contribution in [3.8, 4) is 28.6 Å². The number of Topliss-reactive ketones (excluding diaryl/α,β-unsaturated/α-hetero) is 1. The number of carbonyl (C=O) groups is 2. The molecule has 1 heterocycles. The summed E-state index contributed by atoms with van der Waals surface area (Å²) in [5.74, 6) is -0.438. The molecule has 0 saturated heterocycles. The van der Waals surface area contributed by atoms with Gasteiger partial charge in [0.15, 0.2) is 12.0 Å². The van der Waals surface area contributed by atoms with E-state index in [1.807, 2.05) is 55.5 Å². The van der Waals surface area contributed by atoms with Crippen molar-refractivity contribution in [2.24, 2.45) is 0 Å². The van der Waals surface area contributed by atoms with Crippen molar-refractivity contribution in [2.45, 2.75) is 39.0 Å². The van der Waals surface area contributed by atoms with E-state index in [-0.39, 0.29) is 17.1 Å². The third-order valence-corrected chi connectivity index (χ3v) is 8.12. The van der Waals surface area contributed by atoms with Gasteiger partial charge in [-0.3, -0.25) is 14.5 Å². The van der Waals surface area contributed by atoms with Crippen LogP contribution in [0.4, 0.5) is 10.1 Å². The number of amides is 1. The number of halogens is 1. The Labute approximate surface area is 256 Å². The molecule has 0 saturated carbocycles. The molecule has 0 bridgehead atoms. The number of hydrogen-bond acceptors (Lipinski definition) is 5. The molecule has 5 aromatic rings. The van der Waals surface area contributed by atoms with Gasteiger partial charge < -0.3 is 9.73 Å². The summed E-state index contributed by atoms with van der Waals surface area (Å²) in [6.07, 6.45) is 3.29. The van der Waals surface area contributed by atoms with E-state index >= 15 is 0 Å². The third-order valence-electron chi connectivity index (χ3n) is 8.12. The molecule has 0 radical (unpaired) electrons. The standard InChI is InChI=1S/C37H34FN3O3/c1-5-41(23-39)31-22-33-30(34(36(43)40-4)35(44-33)24-14-16-28(38)17-15-24)21-29(31)25-10-9-11-26(20-25)32(42)18-19-37(2,3)27-12-7-6-8-13-27/h6-17,20-22H,5,18-19H2,1-4H3,(H,40,43). The zero-order valence-corrected chi connectivity index (χ0v) is 25.3. The quantitative estimate of drug-likeness (QED) is 0.101. The van der Waals surface area contributed by atoms with E-state index in [2.05, 4.69) is 37.5 Å². The summed E-state index contributed by atoms with van der Waals surface area (Å²) < 4.78 is 19.9. The number of rotatable bonds is 10. The van der Waals surface area contributed by atoms with Gasteiger partial charge in [0.05, 0.1) is 11.3 Å². The van der Waals surface area contributed by atoms with Gasteiger partial charge in [-0.15, -0.1) is 0 Å². The third kappa shape index (κ3) is 5.97. The first kappa shape index (κ1) is 30.2. The smallest absolute Gasteiger partial charge is 0.255 e. The molecule has 5 rings (SSSR count). The van der Waals surface area contributed by atoms with E-state index in [1.165, 1.54) is 29.6 Å². The predicted molar refractivity (Wildman–Crippen MR) is 172 cm³/mol. The molecule has 4 aromatic carbocycles. The minimum Gasteiger partial charge on any atom is -0.455 e. The first-order chi connectivity index (χ1) is 21.2. The molecule has 0 aliphatic rings. The predicted octanol–water partition coefficient (Wildman–Crippen LogP) is 8.51. The van der Waals surface area contributed by atoms with Gasteiger partial charge in [0.2, 0.25) is 0 Å². The molecular formula is C37H34FN3O3. The summed E-state index contributed by atoms with van der Waals surface area (Å²) in [4.78, 5) is 28.2. The monoisotopic (exact) mass is 587 g/mol. The van der Waals surface area contributed by atoms with Crippen LogP contribution in [0.2, 0.25) is 0 Å². The van der Waals surface area contributed by atoms with E-state index in [1.54, 1.807) is 18.2 Å². The van der Waals surface area contributed by atoms with Crippen LogP contribution in [0.1, 0.15) is 59.9 Å². The fraction of sp³-hybridized carbons (Fsp3) is 0.216. The highest BCUT2D eigenvalue weighted by atomic mass is 19.1. The Hall–Kier alpha value is -5.22. The molecule has 1 amide bonds. The van der Waals surface area contributed by atoms with Crippen LogP contribution in [0.15, 0.2) is 95.4 Å². The van der Waals surface area contributed by atoms with Gasteiger partial charge in [0, 0.05) is 48.2 Å². The molecule has 0 aliphatic heterocycles. The minimum absolute atomic E-state index is 0.0269. The van der Waals surface area contributed by atoms with Crippen molar-refractivity contribution in [2.75, 3.05) is 18.5 Å². The Morgan fingerprint density at radius 1 is 0.955 bits per heavy atom. The summed E-state index contributed by atoms with van der Waals surface area (Å²) in [7, 11) is 1.54. The van der Waals surface area contributed by atoms with Crippen molar-refractivity contribution < 1.29 is 18.4 Å². The maximum atomic E-state index is 13.7. The van der Waals surface area contributed by atoms with Crippen LogP contribution >= 0.6 is 0 Å². The number of benzene rings is 4. The molecule has 44 heavy (non-hydrogen) atoms. The van der Waals surface area contributed by atoms with E-state index in [0.717, 1.165) is 5.56 Å². The topological polar surface area (TPSA) is 86.3 Å². The van der Waals surface area contributed by atoms with Crippen LogP contribution in [-0.2, 0) is 5.41 Å². The summed E-state index contributed by atoms with van der Waals surface area (Å²) in [6.45, 7) is 6.55. The number of fused-ring (bicyclic) bond motifs is 1. The van der Waals surface area contributed by atoms with E-state index < -0.39 is 5.82 Å². The normalized spacial score (nSPS) is 11.3. The van der Waals surface area contributed by atoms with Crippen molar-refractivity contribution in [3.05, 3.63) is 114 Å². The largest absolute Gasteiger partial charge is 0.455 e. The zero-order chi connectivity index (χ0) is 31.4. The fourth-order valence-electron chi connectivity index (χ4n) is 5.50. The fourth-order valence-corrected chi connectivity index (χ4v) is 5.50. The van der Waals surface area contributed by atoms with Gasteiger partial charge in [-0.1, -0.05) is 62.4 Å². The van der Waals surface area contributed by atoms with E-state index in [0.29, 0.717) is 64.1 Å². The molecule has 0 unspecified atom stereocenters. The first-order valence-corrected chi connectivity index (χ1v) is 14.6. The highest BCUT2D eigenvalue weighted by Gasteiger charge is 2.26. The SMILES string of the molecule is CCN(C#N)c1cc2oc(-c3ccc(F)cc3)c(C(=O)NC)c2cc1-c1cccc(C(=O)CCC(C)(C)c2ccccc2)c1. The van der Waals surface area contributed by atoms with Gasteiger partial charge in [0.1, 0.15) is 17.2 Å². The average molecular weight is 588 g/mol. The molecule has 1 aromatic heterocycles. The van der Waals surface area contributed by atoms with Crippen molar-refractivity contribution in [3.63, 3.8) is 0 Å². The zero-order valence-electron chi connectivity index (χ0n) is 25.3. The summed E-state index contributed by atoms with van der Waals surface area (Å²) >= 11 is 0. The molecule has 0 aliphatic carbocycles. The molecular weight excluding hydrogens is 553 g/mol. The lowest BCUT2D eigenvalue weighted by Crippen LogP contribution is -2.19. The Balaban J connectivity index is 1.59. The number of ketones is 1. The van der Waals surface area contributed by atoms with Gasteiger partial charge >= 0.3 is 0 Å². The van der Waals surface area contributed by atoms with Crippen molar-refractivity contribution in [1.29, 1.82) is 5.26 Å². The van der Waals surface area contributed by atoms with Crippen molar-refractivity contribution >= 4 is 28.3 Å². The highest BCUT2D eigenvalue weighted by Crippen LogP contribution is 2.41. The lowest BCUT2D eigenvalue weighted by molar-refractivity contribution is 0.0959. The number of nitriles is 1. The summed E-state index contributed by atoms with van der Waals surface area (Å²) in [5.41, 5.74) is 4.84. The minimum atomic E-state index is -0.401. The molecule has 0 spiro atoms. The maximum absolute atomic E-state index is 13.7. The Morgan fingerprint density at radius 2 is 1.68 bits per heavy atom. The van der Waals surface area contributed by atoms with Gasteiger partial charge in [-0.2, -0.15) is 5.26 Å². The molecule has 222 valence electrons. The number of nitrogens with zero attached hydrogens (tertiary/aromatic N) is 2. The molecule has 6 nitrogen and oxygen atoms in total. The van der Waals surface area contributed by atoms with Gasteiger partial charge in [-0.05, 0) is 66.3 Å². The summed E-state index contributed by atoms with van der Waals surface area (Å²) in [6, 6.07) is 26.9. The second-order valence-corrected chi connectivity index (χ2v) is 11.4. The molecule has 0 atom stereocenters. The number of anilines is 1. The van der Waals surface area contributed by atoms with Gasteiger partial charge in [0.25, 0.3) is 5.91 Å². The summed E-state index contributed by atoms with van der Waals surface area (Å²) in [5, 5.41) is 13.2. The molecule has 7 heteroatoms. The highest BCUT2D eigenvalue weighted by molar-refractivity contribution is 6.13.